The molecule has 1 N–H and O–H groups in total. The highest BCUT2D eigenvalue weighted by Gasteiger charge is 2.35. The topological polar surface area (TPSA) is 69.4 Å². The maximum atomic E-state index is 12.5. The predicted molar refractivity (Wildman–Crippen MR) is 113 cm³/mol. The molecule has 1 aromatic carbocycles. The minimum absolute atomic E-state index is 0.0418. The molecule has 1 saturated heterocycles. The van der Waals surface area contributed by atoms with Gasteiger partial charge in [-0.2, -0.15) is 18.4 Å². The Kier molecular flexibility index (Phi) is 9.25. The number of aliphatic hydroxyl groups is 1. The Hall–Kier alpha value is -1.51. The van der Waals surface area contributed by atoms with Crippen molar-refractivity contribution in [3.05, 3.63) is 44.4 Å². The summed E-state index contributed by atoms with van der Waals surface area (Å²) in [5, 5.41) is 17.2. The molecule has 1 aromatic heterocycles. The Labute approximate surface area is 186 Å². The van der Waals surface area contributed by atoms with Crippen molar-refractivity contribution in [3.8, 4) is 11.8 Å². The summed E-state index contributed by atoms with van der Waals surface area (Å²) in [7, 11) is 1.00. The Bertz CT molecular complexity index is 879. The summed E-state index contributed by atoms with van der Waals surface area (Å²) in [5.74, 6) is 0.739. The second kappa shape index (κ2) is 11.2. The molecule has 164 valence electrons. The lowest BCUT2D eigenvalue weighted by molar-refractivity contribution is -0.0366. The summed E-state index contributed by atoms with van der Waals surface area (Å²) in [6.07, 6.45) is 1.31. The van der Waals surface area contributed by atoms with Crippen molar-refractivity contribution < 1.29 is 23.0 Å². The van der Waals surface area contributed by atoms with Crippen LogP contribution < -0.4 is 4.74 Å². The Morgan fingerprint density at radius 1 is 1.37 bits per heavy atom. The number of hydrogen-bond donors (Lipinski definition) is 1. The molecule has 0 aliphatic carbocycles. The summed E-state index contributed by atoms with van der Waals surface area (Å²) in [6.45, 7) is 3.01. The number of ether oxygens (including phenoxy) is 1. The fourth-order valence-electron chi connectivity index (χ4n) is 2.92. The number of aliphatic hydroxyl groups excluding tert-OH is 1. The molecule has 1 fully saturated rings. The van der Waals surface area contributed by atoms with Crippen molar-refractivity contribution in [1.29, 1.82) is 5.26 Å². The molecule has 0 amide bonds. The first-order valence-corrected chi connectivity index (χ1v) is 11.0. The quantitative estimate of drug-likeness (QED) is 0.570. The number of aryl methyl sites for hydroxylation is 1. The first-order chi connectivity index (χ1) is 14.2. The minimum Gasteiger partial charge on any atom is -0.488 e. The van der Waals surface area contributed by atoms with E-state index in [9.17, 15) is 13.2 Å². The normalized spacial score (nSPS) is 15.3. The predicted octanol–water partition coefficient (Wildman–Crippen LogP) is 5.51. The van der Waals surface area contributed by atoms with Crippen LogP contribution in [0.1, 0.15) is 39.9 Å². The molecule has 2 heterocycles. The van der Waals surface area contributed by atoms with Gasteiger partial charge in [0, 0.05) is 44.1 Å². The van der Waals surface area contributed by atoms with E-state index in [-0.39, 0.29) is 17.9 Å². The van der Waals surface area contributed by atoms with Crippen molar-refractivity contribution >= 4 is 34.9 Å². The molecular formula is C19H21ClF3N3O2S2. The van der Waals surface area contributed by atoms with Gasteiger partial charge in [-0.25, -0.2) is 9.29 Å². The van der Waals surface area contributed by atoms with E-state index in [4.69, 9.17) is 26.7 Å². The zero-order chi connectivity index (χ0) is 22.3. The molecule has 11 heteroatoms. The van der Waals surface area contributed by atoms with Gasteiger partial charge in [-0.1, -0.05) is 11.6 Å². The van der Waals surface area contributed by atoms with Gasteiger partial charge >= 0.3 is 5.51 Å². The summed E-state index contributed by atoms with van der Waals surface area (Å²) in [4.78, 5) is 5.59. The van der Waals surface area contributed by atoms with E-state index in [1.165, 1.54) is 4.31 Å². The van der Waals surface area contributed by atoms with Gasteiger partial charge in [0.25, 0.3) is 0 Å². The fourth-order valence-corrected chi connectivity index (χ4v) is 4.97. The number of benzene rings is 1. The van der Waals surface area contributed by atoms with E-state index in [0.29, 0.717) is 48.9 Å². The van der Waals surface area contributed by atoms with Crippen molar-refractivity contribution in [2.75, 3.05) is 20.2 Å². The van der Waals surface area contributed by atoms with Crippen LogP contribution in [-0.4, -0.2) is 40.1 Å². The number of nitrogens with zero attached hydrogens (tertiary/aromatic N) is 3. The molecule has 2 aromatic rings. The average Bonchev–Trinajstić information content (AvgIpc) is 3.08. The van der Waals surface area contributed by atoms with E-state index < -0.39 is 5.51 Å². The largest absolute Gasteiger partial charge is 0.488 e. The number of rotatable bonds is 5. The van der Waals surface area contributed by atoms with Gasteiger partial charge in [0.2, 0.25) is 0 Å². The number of halogens is 4. The monoisotopic (exact) mass is 479 g/mol. The summed E-state index contributed by atoms with van der Waals surface area (Å²) in [5.41, 5.74) is -2.98. The third-order valence-electron chi connectivity index (χ3n) is 4.38. The Balaban J connectivity index is 0.00000155. The zero-order valence-electron chi connectivity index (χ0n) is 16.4. The number of piperidine rings is 1. The third-order valence-corrected chi connectivity index (χ3v) is 6.81. The second-order valence-corrected chi connectivity index (χ2v) is 9.03. The minimum atomic E-state index is -4.23. The zero-order valence-corrected chi connectivity index (χ0v) is 18.8. The number of alkyl halides is 3. The van der Waals surface area contributed by atoms with Crippen LogP contribution in [0.2, 0.25) is 5.02 Å². The van der Waals surface area contributed by atoms with Crippen molar-refractivity contribution in [2.24, 2.45) is 0 Å². The molecule has 0 saturated carbocycles. The lowest BCUT2D eigenvalue weighted by atomic mass is 9.99. The van der Waals surface area contributed by atoms with Crippen LogP contribution in [0.15, 0.2) is 18.2 Å². The fraction of sp³-hybridized carbons (Fsp3) is 0.474. The van der Waals surface area contributed by atoms with Gasteiger partial charge in [0.1, 0.15) is 18.4 Å². The second-order valence-electron chi connectivity index (χ2n) is 6.34. The molecular weight excluding hydrogens is 459 g/mol. The van der Waals surface area contributed by atoms with Crippen molar-refractivity contribution in [3.63, 3.8) is 0 Å². The van der Waals surface area contributed by atoms with Crippen molar-refractivity contribution in [2.45, 2.75) is 37.8 Å². The number of thiazole rings is 1. The van der Waals surface area contributed by atoms with Crippen LogP contribution in [-0.2, 0) is 6.61 Å². The molecule has 1 aliphatic heterocycles. The van der Waals surface area contributed by atoms with E-state index in [1.54, 1.807) is 29.5 Å². The van der Waals surface area contributed by atoms with Crippen LogP contribution in [0.3, 0.4) is 0 Å². The number of hydrogen-bond acceptors (Lipinski definition) is 7. The van der Waals surface area contributed by atoms with Crippen LogP contribution in [0.4, 0.5) is 13.2 Å². The van der Waals surface area contributed by atoms with E-state index in [1.807, 2.05) is 13.0 Å². The molecule has 30 heavy (non-hydrogen) atoms. The Morgan fingerprint density at radius 2 is 2.03 bits per heavy atom. The molecule has 5 nitrogen and oxygen atoms in total. The van der Waals surface area contributed by atoms with E-state index in [0.717, 1.165) is 22.7 Å². The van der Waals surface area contributed by atoms with Gasteiger partial charge in [0.05, 0.1) is 26.2 Å². The average molecular weight is 480 g/mol. The summed E-state index contributed by atoms with van der Waals surface area (Å²) < 4.78 is 44.6. The van der Waals surface area contributed by atoms with E-state index in [2.05, 4.69) is 4.98 Å². The third kappa shape index (κ3) is 7.03. The van der Waals surface area contributed by atoms with Crippen LogP contribution in [0, 0.1) is 18.3 Å². The SMILES string of the molecule is CO.Cc1nc(C2CCN(SC(F)(F)F)CC2)sc1COc1ccc(C#N)c(Cl)c1. The number of nitriles is 1. The molecule has 3 rings (SSSR count). The van der Waals surface area contributed by atoms with Gasteiger partial charge in [-0.05, 0) is 31.9 Å². The lowest BCUT2D eigenvalue weighted by Gasteiger charge is -2.30. The molecule has 0 atom stereocenters. The van der Waals surface area contributed by atoms with Gasteiger partial charge in [0.15, 0.2) is 0 Å². The molecule has 0 radical (unpaired) electrons. The van der Waals surface area contributed by atoms with Gasteiger partial charge in [-0.15, -0.1) is 11.3 Å². The molecule has 0 spiro atoms. The highest BCUT2D eigenvalue weighted by atomic mass is 35.5. The highest BCUT2D eigenvalue weighted by molar-refractivity contribution is 7.97. The van der Waals surface area contributed by atoms with E-state index >= 15 is 0 Å². The molecule has 1 aliphatic rings. The first kappa shape index (κ1) is 24.8. The van der Waals surface area contributed by atoms with Gasteiger partial charge in [-0.3, -0.25) is 0 Å². The van der Waals surface area contributed by atoms with Crippen LogP contribution >= 0.6 is 34.9 Å². The van der Waals surface area contributed by atoms with Crippen molar-refractivity contribution in [1.82, 2.24) is 9.29 Å². The molecule has 0 unspecified atom stereocenters. The van der Waals surface area contributed by atoms with Gasteiger partial charge < -0.3 is 9.84 Å². The maximum absolute atomic E-state index is 12.5. The first-order valence-electron chi connectivity index (χ1n) is 8.99. The standard InChI is InChI=1S/C18H17ClF3N3OS2.CH4O/c1-11-16(10-26-14-3-2-13(9-23)15(19)8-14)27-17(24-11)12-4-6-25(7-5-12)28-18(20,21)22;1-2/h2-3,8,12H,4-7,10H2,1H3;2H,1H3. The smallest absolute Gasteiger partial charge is 0.456 e. The van der Waals surface area contributed by atoms with Crippen LogP contribution in [0.5, 0.6) is 5.75 Å². The van der Waals surface area contributed by atoms with Crippen LogP contribution in [0.25, 0.3) is 0 Å². The molecule has 0 bridgehead atoms. The number of aromatic nitrogens is 1. The summed E-state index contributed by atoms with van der Waals surface area (Å²) in [6, 6.07) is 6.90. The highest BCUT2D eigenvalue weighted by Crippen LogP contribution is 2.39. The Morgan fingerprint density at radius 3 is 2.60 bits per heavy atom. The summed E-state index contributed by atoms with van der Waals surface area (Å²) >= 11 is 7.51. The lowest BCUT2D eigenvalue weighted by Crippen LogP contribution is -2.30. The maximum Gasteiger partial charge on any atom is 0.456 e.